The van der Waals surface area contributed by atoms with Gasteiger partial charge in [-0.25, -0.2) is 4.79 Å². The smallest absolute Gasteiger partial charge is 0.335 e. The Hall–Kier alpha value is -3.15. The van der Waals surface area contributed by atoms with Gasteiger partial charge >= 0.3 is 5.97 Å². The number of amides is 2. The van der Waals surface area contributed by atoms with Crippen molar-refractivity contribution in [2.45, 2.75) is 25.8 Å². The summed E-state index contributed by atoms with van der Waals surface area (Å²) < 4.78 is 0. The van der Waals surface area contributed by atoms with Gasteiger partial charge in [0, 0.05) is 29.4 Å². The monoisotopic (exact) mass is 338 g/mol. The van der Waals surface area contributed by atoms with Gasteiger partial charge in [0.15, 0.2) is 0 Å². The number of carboxylic acids is 1. The first kappa shape index (κ1) is 16.7. The van der Waals surface area contributed by atoms with Gasteiger partial charge in [0.05, 0.1) is 5.56 Å². The molecule has 3 rings (SSSR count). The summed E-state index contributed by atoms with van der Waals surface area (Å²) in [5, 5.41) is 11.7. The highest BCUT2D eigenvalue weighted by Crippen LogP contribution is 2.27. The number of hydrogen-bond acceptors (Lipinski definition) is 3. The third-order valence-corrected chi connectivity index (χ3v) is 4.26. The second-order valence-corrected chi connectivity index (χ2v) is 6.04. The van der Waals surface area contributed by atoms with E-state index in [9.17, 15) is 14.4 Å². The summed E-state index contributed by atoms with van der Waals surface area (Å²) in [4.78, 5) is 36.9. The minimum Gasteiger partial charge on any atom is -0.478 e. The molecule has 0 radical (unpaired) electrons. The summed E-state index contributed by atoms with van der Waals surface area (Å²) in [6, 6.07) is 13.1. The molecular weight excluding hydrogens is 320 g/mol. The van der Waals surface area contributed by atoms with Crippen LogP contribution in [0.15, 0.2) is 48.5 Å². The van der Waals surface area contributed by atoms with E-state index in [-0.39, 0.29) is 29.0 Å². The Bertz CT molecular complexity index is 830. The molecule has 1 saturated heterocycles. The van der Waals surface area contributed by atoms with Crippen LogP contribution in [0.2, 0.25) is 0 Å². The quantitative estimate of drug-likeness (QED) is 0.896. The van der Waals surface area contributed by atoms with E-state index in [1.165, 1.54) is 18.2 Å². The molecule has 0 spiro atoms. The van der Waals surface area contributed by atoms with E-state index < -0.39 is 5.97 Å². The van der Waals surface area contributed by atoms with E-state index in [4.69, 9.17) is 5.11 Å². The lowest BCUT2D eigenvalue weighted by molar-refractivity contribution is -0.117. The maximum Gasteiger partial charge on any atom is 0.335 e. The third-order valence-electron chi connectivity index (χ3n) is 4.26. The van der Waals surface area contributed by atoms with Crippen LogP contribution in [0.25, 0.3) is 0 Å². The minimum atomic E-state index is -1.08. The first-order chi connectivity index (χ1) is 12.0. The Morgan fingerprint density at radius 1 is 1.12 bits per heavy atom. The molecule has 6 heteroatoms. The summed E-state index contributed by atoms with van der Waals surface area (Å²) in [6.45, 7) is 2.01. The normalized spacial score (nSPS) is 16.8. The molecule has 25 heavy (non-hydrogen) atoms. The molecule has 128 valence electrons. The number of hydrogen-bond donors (Lipinski definition) is 2. The molecule has 1 unspecified atom stereocenters. The molecule has 0 aliphatic carbocycles. The topological polar surface area (TPSA) is 86.7 Å². The zero-order valence-corrected chi connectivity index (χ0v) is 13.7. The molecule has 2 aromatic rings. The standard InChI is InChI=1S/C19H18N2O4/c1-12-5-10-17(22)21(12)16-8-6-15(7-9-16)20-18(23)13-3-2-4-14(11-13)19(24)25/h2-4,6-9,11-12H,5,10H2,1H3,(H,20,23)(H,24,25). The van der Waals surface area contributed by atoms with E-state index in [1.807, 2.05) is 6.92 Å². The van der Waals surface area contributed by atoms with Crippen LogP contribution < -0.4 is 10.2 Å². The van der Waals surface area contributed by atoms with Gasteiger partial charge in [-0.3, -0.25) is 9.59 Å². The van der Waals surface area contributed by atoms with Crippen LogP contribution in [-0.4, -0.2) is 28.9 Å². The first-order valence-corrected chi connectivity index (χ1v) is 8.02. The van der Waals surface area contributed by atoms with Gasteiger partial charge in [-0.15, -0.1) is 0 Å². The fourth-order valence-corrected chi connectivity index (χ4v) is 2.93. The van der Waals surface area contributed by atoms with Gasteiger partial charge < -0.3 is 15.3 Å². The Morgan fingerprint density at radius 2 is 1.80 bits per heavy atom. The van der Waals surface area contributed by atoms with Crippen molar-refractivity contribution in [2.75, 3.05) is 10.2 Å². The van der Waals surface area contributed by atoms with Crippen molar-refractivity contribution in [3.8, 4) is 0 Å². The van der Waals surface area contributed by atoms with Crippen LogP contribution in [0.4, 0.5) is 11.4 Å². The van der Waals surface area contributed by atoms with Gasteiger partial charge in [0.1, 0.15) is 0 Å². The predicted molar refractivity (Wildman–Crippen MR) is 94.0 cm³/mol. The Kier molecular flexibility index (Phi) is 4.52. The summed E-state index contributed by atoms with van der Waals surface area (Å²) >= 11 is 0. The van der Waals surface area contributed by atoms with Gasteiger partial charge in [-0.2, -0.15) is 0 Å². The number of aromatic carboxylic acids is 1. The molecule has 1 atom stereocenters. The molecule has 1 heterocycles. The van der Waals surface area contributed by atoms with Gasteiger partial charge in [-0.1, -0.05) is 6.07 Å². The SMILES string of the molecule is CC1CCC(=O)N1c1ccc(NC(=O)c2cccc(C(=O)O)c2)cc1. The lowest BCUT2D eigenvalue weighted by atomic mass is 10.1. The minimum absolute atomic E-state index is 0.0598. The average molecular weight is 338 g/mol. The number of nitrogens with zero attached hydrogens (tertiary/aromatic N) is 1. The number of carbonyl (C=O) groups is 3. The van der Waals surface area contributed by atoms with Crippen LogP contribution in [0.5, 0.6) is 0 Å². The highest BCUT2D eigenvalue weighted by molar-refractivity contribution is 6.05. The maximum atomic E-state index is 12.3. The number of benzene rings is 2. The van der Waals surface area contributed by atoms with E-state index in [0.29, 0.717) is 12.1 Å². The first-order valence-electron chi connectivity index (χ1n) is 8.02. The fourth-order valence-electron chi connectivity index (χ4n) is 2.93. The Morgan fingerprint density at radius 3 is 2.40 bits per heavy atom. The highest BCUT2D eigenvalue weighted by Gasteiger charge is 2.28. The average Bonchev–Trinajstić information content (AvgIpc) is 2.94. The highest BCUT2D eigenvalue weighted by atomic mass is 16.4. The molecule has 2 aromatic carbocycles. The van der Waals surface area contributed by atoms with Crippen LogP contribution in [0.3, 0.4) is 0 Å². The molecule has 1 aliphatic rings. The molecule has 0 aromatic heterocycles. The van der Waals surface area contributed by atoms with Crippen LogP contribution >= 0.6 is 0 Å². The van der Waals surface area contributed by atoms with Gasteiger partial charge in [0.25, 0.3) is 5.91 Å². The van der Waals surface area contributed by atoms with Crippen molar-refractivity contribution in [2.24, 2.45) is 0 Å². The lowest BCUT2D eigenvalue weighted by Crippen LogP contribution is -2.30. The largest absolute Gasteiger partial charge is 0.478 e. The predicted octanol–water partition coefficient (Wildman–Crippen LogP) is 3.15. The second kappa shape index (κ2) is 6.76. The lowest BCUT2D eigenvalue weighted by Gasteiger charge is -2.22. The summed E-state index contributed by atoms with van der Waals surface area (Å²) in [5.74, 6) is -1.36. The molecule has 2 amide bonds. The summed E-state index contributed by atoms with van der Waals surface area (Å²) in [5.41, 5.74) is 1.71. The Balaban J connectivity index is 1.73. The van der Waals surface area contributed by atoms with E-state index >= 15 is 0 Å². The number of nitrogens with one attached hydrogen (secondary N) is 1. The molecule has 0 saturated carbocycles. The van der Waals surface area contributed by atoms with E-state index in [1.54, 1.807) is 35.2 Å². The van der Waals surface area contributed by atoms with Crippen molar-refractivity contribution in [3.63, 3.8) is 0 Å². The van der Waals surface area contributed by atoms with E-state index in [0.717, 1.165) is 12.1 Å². The van der Waals surface area contributed by atoms with Crippen molar-refractivity contribution < 1.29 is 19.5 Å². The zero-order chi connectivity index (χ0) is 18.0. The van der Waals surface area contributed by atoms with Crippen LogP contribution in [0, 0.1) is 0 Å². The van der Waals surface area contributed by atoms with Crippen molar-refractivity contribution in [3.05, 3.63) is 59.7 Å². The number of carboxylic acid groups (broad SMARTS) is 1. The molecule has 1 fully saturated rings. The second-order valence-electron chi connectivity index (χ2n) is 6.04. The van der Waals surface area contributed by atoms with Crippen LogP contribution in [0.1, 0.15) is 40.5 Å². The molecule has 1 aliphatic heterocycles. The molecule has 0 bridgehead atoms. The van der Waals surface area contributed by atoms with E-state index in [2.05, 4.69) is 5.32 Å². The number of carbonyl (C=O) groups excluding carboxylic acids is 2. The molecule has 2 N–H and O–H groups in total. The van der Waals surface area contributed by atoms with Crippen molar-refractivity contribution in [1.82, 2.24) is 0 Å². The number of anilines is 2. The summed E-state index contributed by atoms with van der Waals surface area (Å²) in [6.07, 6.45) is 1.40. The summed E-state index contributed by atoms with van der Waals surface area (Å²) in [7, 11) is 0. The zero-order valence-electron chi connectivity index (χ0n) is 13.7. The molecule has 6 nitrogen and oxygen atoms in total. The Labute approximate surface area is 145 Å². The van der Waals surface area contributed by atoms with Crippen molar-refractivity contribution >= 4 is 29.2 Å². The van der Waals surface area contributed by atoms with Gasteiger partial charge in [-0.05, 0) is 55.8 Å². The maximum absolute atomic E-state index is 12.3. The van der Waals surface area contributed by atoms with Crippen LogP contribution in [-0.2, 0) is 4.79 Å². The number of rotatable bonds is 4. The molecular formula is C19H18N2O4. The van der Waals surface area contributed by atoms with Crippen molar-refractivity contribution in [1.29, 1.82) is 0 Å². The third kappa shape index (κ3) is 3.52. The fraction of sp³-hybridized carbons (Fsp3) is 0.211. The van der Waals surface area contributed by atoms with Gasteiger partial charge in [0.2, 0.25) is 5.91 Å².